The van der Waals surface area contributed by atoms with Crippen molar-refractivity contribution in [2.75, 3.05) is 6.61 Å². The highest BCUT2D eigenvalue weighted by atomic mass is 79.9. The van der Waals surface area contributed by atoms with Gasteiger partial charge in [0.2, 0.25) is 0 Å². The van der Waals surface area contributed by atoms with Crippen molar-refractivity contribution in [2.24, 2.45) is 11.0 Å². The minimum absolute atomic E-state index is 0.00856. The van der Waals surface area contributed by atoms with E-state index in [2.05, 4.69) is 37.1 Å². The number of carbonyl (C=O) groups excluding carboxylic acids is 3. The van der Waals surface area contributed by atoms with Crippen LogP contribution in [0.15, 0.2) is 27.8 Å². The second kappa shape index (κ2) is 10.9. The Morgan fingerprint density at radius 2 is 1.95 bits per heavy atom. The van der Waals surface area contributed by atoms with Crippen LogP contribution in [0.25, 0.3) is 0 Å². The largest absolute Gasteiger partial charge is 0.484 e. The van der Waals surface area contributed by atoms with Gasteiger partial charge in [-0.15, -0.1) is 0 Å². The number of hydrazone groups is 1. The molecule has 1 heterocycles. The molecule has 1 aromatic rings. The van der Waals surface area contributed by atoms with Gasteiger partial charge in [0.05, 0.1) is 0 Å². The van der Waals surface area contributed by atoms with Crippen LogP contribution in [0.1, 0.15) is 57.4 Å². The van der Waals surface area contributed by atoms with E-state index in [1.165, 1.54) is 12.1 Å². The summed E-state index contributed by atoms with van der Waals surface area (Å²) in [4.78, 5) is 36.1. The molecule has 0 saturated heterocycles. The topological polar surface area (TPSA) is 118 Å². The van der Waals surface area contributed by atoms with Crippen LogP contribution in [-0.2, 0) is 14.3 Å². The minimum atomic E-state index is -4.48. The van der Waals surface area contributed by atoms with E-state index in [0.717, 1.165) is 12.8 Å². The summed E-state index contributed by atoms with van der Waals surface area (Å²) in [6.45, 7) is 0.408. The number of ether oxygens (including phenoxy) is 2. The number of alkyl halides is 3. The zero-order valence-corrected chi connectivity index (χ0v) is 21.7. The maximum absolute atomic E-state index is 12.6. The molecule has 9 nitrogen and oxygen atoms in total. The average molecular weight is 589 g/mol. The lowest BCUT2D eigenvalue weighted by Crippen LogP contribution is -2.52. The minimum Gasteiger partial charge on any atom is -0.484 e. The molecule has 0 aromatic heterocycles. The van der Waals surface area contributed by atoms with Gasteiger partial charge in [-0.25, -0.2) is 10.2 Å². The molecular weight excluding hydrogens is 561 g/mol. The fraction of sp³-hybridized carbons (Fsp3) is 0.583. The molecule has 3 N–H and O–H groups in total. The van der Waals surface area contributed by atoms with E-state index < -0.39 is 36.3 Å². The Hall–Kier alpha value is -2.83. The predicted molar refractivity (Wildman–Crippen MR) is 130 cm³/mol. The lowest BCUT2D eigenvalue weighted by molar-refractivity contribution is -0.153. The average Bonchev–Trinajstić information content (AvgIpc) is 3.64. The van der Waals surface area contributed by atoms with Crippen molar-refractivity contribution in [2.45, 2.75) is 75.7 Å². The second-order valence-electron chi connectivity index (χ2n) is 9.80. The molecule has 13 heteroatoms. The lowest BCUT2D eigenvalue weighted by Gasteiger charge is -2.42. The van der Waals surface area contributed by atoms with E-state index in [1.807, 2.05) is 6.92 Å². The molecule has 202 valence electrons. The van der Waals surface area contributed by atoms with Gasteiger partial charge in [0.25, 0.3) is 0 Å². The summed E-state index contributed by atoms with van der Waals surface area (Å²) in [6.07, 6.45) is -0.572. The molecule has 2 fully saturated rings. The summed E-state index contributed by atoms with van der Waals surface area (Å²) in [5.74, 6) is -1.06. The van der Waals surface area contributed by atoms with Crippen LogP contribution in [0.4, 0.5) is 18.0 Å². The Labute approximate surface area is 220 Å². The molecule has 3 amide bonds. The van der Waals surface area contributed by atoms with Crippen LogP contribution in [0, 0.1) is 5.92 Å². The summed E-state index contributed by atoms with van der Waals surface area (Å²) in [7, 11) is 0. The maximum atomic E-state index is 12.6. The monoisotopic (exact) mass is 588 g/mol. The predicted octanol–water partition coefficient (Wildman–Crippen LogP) is 3.94. The van der Waals surface area contributed by atoms with E-state index in [9.17, 15) is 27.6 Å². The van der Waals surface area contributed by atoms with E-state index in [-0.39, 0.29) is 23.8 Å². The summed E-state index contributed by atoms with van der Waals surface area (Å²) in [5.41, 5.74) is 2.10. The van der Waals surface area contributed by atoms with E-state index in [4.69, 9.17) is 9.47 Å². The number of nitrogens with one attached hydrogen (secondary N) is 3. The number of halogens is 4. The molecule has 4 rings (SSSR count). The number of amides is 3. The van der Waals surface area contributed by atoms with Gasteiger partial charge in [0, 0.05) is 22.1 Å². The lowest BCUT2D eigenvalue weighted by atomic mass is 9.73. The quantitative estimate of drug-likeness (QED) is 0.417. The highest BCUT2D eigenvalue weighted by Crippen LogP contribution is 2.42. The first-order chi connectivity index (χ1) is 17.4. The third-order valence-electron chi connectivity index (χ3n) is 6.67. The van der Waals surface area contributed by atoms with Crippen LogP contribution >= 0.6 is 15.9 Å². The Bertz CT molecular complexity index is 1080. The Morgan fingerprint density at radius 3 is 2.59 bits per heavy atom. The highest BCUT2D eigenvalue weighted by molar-refractivity contribution is 9.10. The molecule has 1 aromatic carbocycles. The summed E-state index contributed by atoms with van der Waals surface area (Å²) in [5, 5.41) is 9.63. The summed E-state index contributed by atoms with van der Waals surface area (Å²) >= 11 is 3.42. The van der Waals surface area contributed by atoms with Gasteiger partial charge in [-0.3, -0.25) is 9.59 Å². The van der Waals surface area contributed by atoms with Crippen molar-refractivity contribution >= 4 is 39.5 Å². The van der Waals surface area contributed by atoms with Crippen molar-refractivity contribution in [3.63, 3.8) is 0 Å². The first-order valence-electron chi connectivity index (χ1n) is 12.1. The van der Waals surface area contributed by atoms with E-state index in [1.54, 1.807) is 6.07 Å². The molecular formula is C24H28BrF3N4O5. The molecule has 1 aliphatic heterocycles. The second-order valence-corrected chi connectivity index (χ2v) is 10.7. The maximum Gasteiger partial charge on any atom is 0.428 e. The van der Waals surface area contributed by atoms with Gasteiger partial charge < -0.3 is 20.1 Å². The SMILES string of the molecule is C[C@@H](CC1CCC2(CC1)OC(=O)NN=C2c1cc(OCC(F)(F)F)ccc1Br)NC(=O)C(=O)NC1CC1. The van der Waals surface area contributed by atoms with E-state index >= 15 is 0 Å². The first-order valence-corrected chi connectivity index (χ1v) is 12.9. The zero-order valence-electron chi connectivity index (χ0n) is 20.1. The smallest absolute Gasteiger partial charge is 0.428 e. The van der Waals surface area contributed by atoms with Crippen LogP contribution in [-0.4, -0.2) is 54.1 Å². The summed E-state index contributed by atoms with van der Waals surface area (Å²) in [6, 6.07) is 4.28. The molecule has 2 saturated carbocycles. The van der Waals surface area contributed by atoms with Gasteiger partial charge in [-0.1, -0.05) is 15.9 Å². The highest BCUT2D eigenvalue weighted by Gasteiger charge is 2.47. The third kappa shape index (κ3) is 7.14. The van der Waals surface area contributed by atoms with Crippen molar-refractivity contribution in [1.82, 2.24) is 16.1 Å². The van der Waals surface area contributed by atoms with Crippen molar-refractivity contribution < 1.29 is 37.0 Å². The van der Waals surface area contributed by atoms with Gasteiger partial charge in [-0.05, 0) is 76.0 Å². The third-order valence-corrected chi connectivity index (χ3v) is 7.36. The van der Waals surface area contributed by atoms with Crippen LogP contribution in [0.2, 0.25) is 0 Å². The van der Waals surface area contributed by atoms with Gasteiger partial charge in [0.15, 0.2) is 12.2 Å². The van der Waals surface area contributed by atoms with Crippen LogP contribution < -0.4 is 20.8 Å². The fourth-order valence-corrected chi connectivity index (χ4v) is 5.18. The van der Waals surface area contributed by atoms with E-state index in [0.29, 0.717) is 47.9 Å². The molecule has 1 spiro atoms. The molecule has 37 heavy (non-hydrogen) atoms. The number of nitrogens with zero attached hydrogens (tertiary/aromatic N) is 1. The molecule has 3 aliphatic rings. The normalized spacial score (nSPS) is 24.4. The molecule has 0 bridgehead atoms. The Morgan fingerprint density at radius 1 is 1.24 bits per heavy atom. The number of rotatable bonds is 7. The fourth-order valence-electron chi connectivity index (χ4n) is 4.74. The molecule has 0 radical (unpaired) electrons. The van der Waals surface area contributed by atoms with Crippen molar-refractivity contribution in [3.8, 4) is 5.75 Å². The molecule has 0 unspecified atom stereocenters. The van der Waals surface area contributed by atoms with Gasteiger partial charge in [-0.2, -0.15) is 18.3 Å². The Balaban J connectivity index is 1.41. The summed E-state index contributed by atoms with van der Waals surface area (Å²) < 4.78 is 49.1. The Kier molecular flexibility index (Phi) is 8.00. The number of hydrogen-bond acceptors (Lipinski definition) is 6. The number of hydrogen-bond donors (Lipinski definition) is 3. The molecule has 2 aliphatic carbocycles. The van der Waals surface area contributed by atoms with Crippen molar-refractivity contribution in [3.05, 3.63) is 28.2 Å². The number of carbonyl (C=O) groups is 3. The number of benzene rings is 1. The van der Waals surface area contributed by atoms with Crippen molar-refractivity contribution in [1.29, 1.82) is 0 Å². The van der Waals surface area contributed by atoms with Gasteiger partial charge >= 0.3 is 24.1 Å². The van der Waals surface area contributed by atoms with Crippen LogP contribution in [0.3, 0.4) is 0 Å². The van der Waals surface area contributed by atoms with Gasteiger partial charge in [0.1, 0.15) is 11.5 Å². The van der Waals surface area contributed by atoms with Crippen LogP contribution in [0.5, 0.6) is 5.75 Å². The molecule has 1 atom stereocenters. The zero-order chi connectivity index (χ0) is 26.8. The first kappa shape index (κ1) is 27.2. The standard InChI is InChI=1S/C24H28BrF3N4O5/c1-13(29-20(33)21(34)30-15-2-3-15)10-14-6-8-23(9-7-14)19(31-32-22(35)37-23)17-11-16(4-5-18(17)25)36-12-24(26,27)28/h4-5,11,13-15H,2-3,6-10,12H2,1H3,(H,29,33)(H,30,34)(H,32,35)/t13-,14?,23?/m0/s1.